The Kier molecular flexibility index (Phi) is 4.84. The highest BCUT2D eigenvalue weighted by molar-refractivity contribution is 7.80. The number of para-hydroxylation sites is 2. The second-order valence-electron chi connectivity index (χ2n) is 6.96. The smallest absolute Gasteiger partial charge is 0.265 e. The number of hydrogen-bond acceptors (Lipinski definition) is 5. The zero-order valence-corrected chi connectivity index (χ0v) is 16.3. The molecule has 2 aromatic heterocycles. The molecule has 8 heteroatoms. The second-order valence-corrected chi connectivity index (χ2v) is 7.37. The summed E-state index contributed by atoms with van der Waals surface area (Å²) in [6.07, 6.45) is 6.22. The Bertz CT molecular complexity index is 1220. The van der Waals surface area contributed by atoms with Gasteiger partial charge in [0.2, 0.25) is 0 Å². The average molecular weight is 392 g/mol. The van der Waals surface area contributed by atoms with Crippen LogP contribution in [0.4, 0.5) is 0 Å². The van der Waals surface area contributed by atoms with Gasteiger partial charge in [0.1, 0.15) is 6.07 Å². The maximum Gasteiger partial charge on any atom is 0.265 e. The minimum atomic E-state index is -0.232. The largest absolute Gasteiger partial charge is 0.359 e. The monoisotopic (exact) mass is 392 g/mol. The lowest BCUT2D eigenvalue weighted by Gasteiger charge is -2.15. The van der Waals surface area contributed by atoms with E-state index in [-0.39, 0.29) is 5.56 Å². The Morgan fingerprint density at radius 3 is 2.86 bits per heavy atom. The number of fused-ring (bicyclic) bond motifs is 3. The molecule has 1 aliphatic carbocycles. The van der Waals surface area contributed by atoms with Crippen molar-refractivity contribution in [3.05, 3.63) is 51.0 Å². The van der Waals surface area contributed by atoms with Crippen LogP contribution in [0.2, 0.25) is 0 Å². The van der Waals surface area contributed by atoms with Gasteiger partial charge < -0.3 is 10.7 Å². The molecule has 4 rings (SSSR count). The Labute approximate surface area is 167 Å². The van der Waals surface area contributed by atoms with Gasteiger partial charge in [-0.3, -0.25) is 14.6 Å². The van der Waals surface area contributed by atoms with Gasteiger partial charge in [-0.2, -0.15) is 5.26 Å². The number of pyridine rings is 1. The molecule has 0 radical (unpaired) electrons. The molecule has 0 unspecified atom stereocenters. The third-order valence-electron chi connectivity index (χ3n) is 5.20. The van der Waals surface area contributed by atoms with Crippen molar-refractivity contribution in [2.24, 2.45) is 0 Å². The summed E-state index contributed by atoms with van der Waals surface area (Å²) >= 11 is 5.30. The van der Waals surface area contributed by atoms with Crippen molar-refractivity contribution < 1.29 is 0 Å². The Morgan fingerprint density at radius 2 is 2.11 bits per heavy atom. The van der Waals surface area contributed by atoms with Gasteiger partial charge in [0, 0.05) is 12.2 Å². The van der Waals surface area contributed by atoms with Gasteiger partial charge >= 0.3 is 0 Å². The maximum absolute atomic E-state index is 13.1. The van der Waals surface area contributed by atoms with Gasteiger partial charge in [-0.1, -0.05) is 25.0 Å². The molecule has 0 spiro atoms. The Balaban J connectivity index is 1.71. The van der Waals surface area contributed by atoms with Crippen LogP contribution in [0.5, 0.6) is 0 Å². The number of thiocarbonyl (C=S) groups is 1. The summed E-state index contributed by atoms with van der Waals surface area (Å²) in [5.41, 5.74) is 8.27. The van der Waals surface area contributed by atoms with Crippen molar-refractivity contribution in [1.82, 2.24) is 25.6 Å². The minimum absolute atomic E-state index is 0.232. The van der Waals surface area contributed by atoms with Crippen LogP contribution in [0, 0.1) is 18.3 Å². The lowest BCUT2D eigenvalue weighted by atomic mass is 10.1. The van der Waals surface area contributed by atoms with Crippen molar-refractivity contribution in [2.45, 2.75) is 38.6 Å². The Hall–Kier alpha value is -3.18. The van der Waals surface area contributed by atoms with Crippen molar-refractivity contribution >= 4 is 40.2 Å². The molecule has 1 aromatic carbocycles. The maximum atomic E-state index is 13.1. The number of hydrazine groups is 1. The van der Waals surface area contributed by atoms with Crippen LogP contribution in [0.15, 0.2) is 29.1 Å². The summed E-state index contributed by atoms with van der Waals surface area (Å²) in [5.74, 6) is 0. The van der Waals surface area contributed by atoms with Crippen molar-refractivity contribution in [3.63, 3.8) is 0 Å². The van der Waals surface area contributed by atoms with E-state index in [1.54, 1.807) is 13.1 Å². The predicted molar refractivity (Wildman–Crippen MR) is 112 cm³/mol. The molecular formula is C20H20N6OS. The SMILES string of the molecule is Cc1c(C#N)c2nc3ccccc3n2c(=O)c1=CNNC(=S)NC1CCCC1. The highest BCUT2D eigenvalue weighted by atomic mass is 32.1. The van der Waals surface area contributed by atoms with Crippen LogP contribution in [-0.4, -0.2) is 20.5 Å². The van der Waals surface area contributed by atoms with Gasteiger partial charge in [-0.05, 0) is 49.7 Å². The van der Waals surface area contributed by atoms with Gasteiger partial charge in [-0.15, -0.1) is 0 Å². The fraction of sp³-hybridized carbons (Fsp3) is 0.300. The van der Waals surface area contributed by atoms with Crippen LogP contribution < -0.4 is 26.9 Å². The molecule has 2 heterocycles. The second kappa shape index (κ2) is 7.44. The molecule has 1 aliphatic rings. The minimum Gasteiger partial charge on any atom is -0.359 e. The lowest BCUT2D eigenvalue weighted by molar-refractivity contribution is 0.617. The van der Waals surface area contributed by atoms with Crippen LogP contribution in [0.3, 0.4) is 0 Å². The first-order valence-electron chi connectivity index (χ1n) is 9.26. The zero-order valence-electron chi connectivity index (χ0n) is 15.5. The van der Waals surface area contributed by atoms with Crippen molar-refractivity contribution in [3.8, 4) is 6.07 Å². The van der Waals surface area contributed by atoms with Gasteiger partial charge in [0.05, 0.1) is 21.8 Å². The van der Waals surface area contributed by atoms with Crippen LogP contribution in [-0.2, 0) is 0 Å². The third-order valence-corrected chi connectivity index (χ3v) is 5.42. The first-order valence-corrected chi connectivity index (χ1v) is 9.67. The van der Waals surface area contributed by atoms with E-state index in [9.17, 15) is 10.1 Å². The quantitative estimate of drug-likeness (QED) is 0.458. The Morgan fingerprint density at radius 1 is 1.36 bits per heavy atom. The van der Waals surface area contributed by atoms with E-state index in [0.717, 1.165) is 12.8 Å². The number of nitrogens with one attached hydrogen (secondary N) is 3. The summed E-state index contributed by atoms with van der Waals surface area (Å²) in [4.78, 5) is 17.6. The summed E-state index contributed by atoms with van der Waals surface area (Å²) in [6, 6.07) is 9.94. The molecule has 1 fully saturated rings. The van der Waals surface area contributed by atoms with E-state index in [4.69, 9.17) is 12.2 Å². The molecular weight excluding hydrogens is 372 g/mol. The molecule has 0 bridgehead atoms. The van der Waals surface area contributed by atoms with Gasteiger partial charge in [0.15, 0.2) is 10.8 Å². The third kappa shape index (κ3) is 3.14. The van der Waals surface area contributed by atoms with Crippen LogP contribution in [0.25, 0.3) is 22.9 Å². The first-order chi connectivity index (χ1) is 13.6. The summed E-state index contributed by atoms with van der Waals surface area (Å²) in [7, 11) is 0. The number of nitrogens with zero attached hydrogens (tertiary/aromatic N) is 3. The number of hydrogen-bond donors (Lipinski definition) is 3. The van der Waals surface area contributed by atoms with E-state index < -0.39 is 0 Å². The number of rotatable bonds is 3. The van der Waals surface area contributed by atoms with E-state index in [1.165, 1.54) is 17.2 Å². The molecule has 142 valence electrons. The predicted octanol–water partition coefficient (Wildman–Crippen LogP) is 1.40. The van der Waals surface area contributed by atoms with E-state index in [1.807, 2.05) is 24.3 Å². The van der Waals surface area contributed by atoms with Crippen LogP contribution in [0.1, 0.15) is 36.8 Å². The van der Waals surface area contributed by atoms with Gasteiger partial charge in [-0.25, -0.2) is 4.98 Å². The van der Waals surface area contributed by atoms with Gasteiger partial charge in [0.25, 0.3) is 5.56 Å². The molecule has 1 saturated carbocycles. The van der Waals surface area contributed by atoms with E-state index >= 15 is 0 Å². The first kappa shape index (κ1) is 18.2. The number of aromatic nitrogens is 2. The van der Waals surface area contributed by atoms with E-state index in [2.05, 4.69) is 27.2 Å². The number of benzene rings is 1. The standard InChI is InChI=1S/C20H20N6OS/c1-12-14(10-21)18-24-16-8-4-5-9-17(16)26(18)19(27)15(12)11-22-25-20(28)23-13-6-2-3-7-13/h4-5,8-9,11,13,22H,2-3,6-7H2,1H3,(H2,23,25,28). The summed E-state index contributed by atoms with van der Waals surface area (Å²) < 4.78 is 1.49. The number of imidazole rings is 1. The molecule has 3 aromatic rings. The molecule has 0 atom stereocenters. The lowest BCUT2D eigenvalue weighted by Crippen LogP contribution is -2.46. The van der Waals surface area contributed by atoms with Crippen molar-refractivity contribution in [2.75, 3.05) is 0 Å². The molecule has 0 aliphatic heterocycles. The number of nitriles is 1. The summed E-state index contributed by atoms with van der Waals surface area (Å²) in [6.45, 7) is 1.75. The normalized spacial score (nSPS) is 15.1. The molecule has 0 amide bonds. The molecule has 0 saturated heterocycles. The topological polar surface area (TPSA) is 94.2 Å². The highest BCUT2D eigenvalue weighted by Crippen LogP contribution is 2.18. The van der Waals surface area contributed by atoms with Crippen molar-refractivity contribution in [1.29, 1.82) is 5.26 Å². The molecule has 7 nitrogen and oxygen atoms in total. The van der Waals surface area contributed by atoms with Crippen LogP contribution >= 0.6 is 12.2 Å². The fourth-order valence-electron chi connectivity index (χ4n) is 3.75. The molecule has 3 N–H and O–H groups in total. The highest BCUT2D eigenvalue weighted by Gasteiger charge is 2.16. The zero-order chi connectivity index (χ0) is 19.7. The summed E-state index contributed by atoms with van der Waals surface area (Å²) in [5, 5.41) is 13.8. The molecule has 28 heavy (non-hydrogen) atoms. The van der Waals surface area contributed by atoms with E-state index in [0.29, 0.717) is 44.2 Å². The average Bonchev–Trinajstić information content (AvgIpc) is 3.32. The fourth-order valence-corrected chi connectivity index (χ4v) is 3.98.